The van der Waals surface area contributed by atoms with Crippen LogP contribution < -0.4 is 5.73 Å². The van der Waals surface area contributed by atoms with Gasteiger partial charge >= 0.3 is 0 Å². The van der Waals surface area contributed by atoms with Gasteiger partial charge in [0.25, 0.3) is 0 Å². The minimum absolute atomic E-state index is 0.00269. The SMILES string of the molecule is N#CC1=C(N)OC2=C(C(=O)CCC2)C1c1ccco1. The van der Waals surface area contributed by atoms with Crippen LogP contribution in [0.5, 0.6) is 0 Å². The average molecular weight is 256 g/mol. The van der Waals surface area contributed by atoms with Crippen LogP contribution in [0.4, 0.5) is 0 Å². The fraction of sp³-hybridized carbons (Fsp3) is 0.286. The molecular weight excluding hydrogens is 244 g/mol. The molecule has 0 fully saturated rings. The van der Waals surface area contributed by atoms with Crippen LogP contribution in [-0.4, -0.2) is 5.78 Å². The summed E-state index contributed by atoms with van der Waals surface area (Å²) in [7, 11) is 0. The molecule has 0 bridgehead atoms. The summed E-state index contributed by atoms with van der Waals surface area (Å²) in [6.45, 7) is 0. The molecular formula is C14H12N2O3. The van der Waals surface area contributed by atoms with Crippen molar-refractivity contribution in [3.63, 3.8) is 0 Å². The maximum absolute atomic E-state index is 12.1. The van der Waals surface area contributed by atoms with E-state index in [0.29, 0.717) is 29.9 Å². The number of nitrogens with zero attached hydrogens (tertiary/aromatic N) is 1. The number of Topliss-reactive ketones (excluding diaryl/α,β-unsaturated/α-hetero) is 1. The first kappa shape index (κ1) is 11.6. The fourth-order valence-electron chi connectivity index (χ4n) is 2.60. The highest BCUT2D eigenvalue weighted by molar-refractivity contribution is 5.99. The van der Waals surface area contributed by atoms with Crippen molar-refractivity contribution in [2.24, 2.45) is 5.73 Å². The van der Waals surface area contributed by atoms with Gasteiger partial charge in [-0.2, -0.15) is 5.26 Å². The molecule has 3 rings (SSSR count). The molecule has 5 heteroatoms. The number of hydrogen-bond donors (Lipinski definition) is 1. The van der Waals surface area contributed by atoms with Crippen LogP contribution in [0.25, 0.3) is 0 Å². The molecule has 0 saturated carbocycles. The number of carbonyl (C=O) groups is 1. The fourth-order valence-corrected chi connectivity index (χ4v) is 2.60. The van der Waals surface area contributed by atoms with Gasteiger partial charge in [-0.1, -0.05) is 0 Å². The molecule has 1 aromatic heterocycles. The Morgan fingerprint density at radius 3 is 2.95 bits per heavy atom. The zero-order valence-corrected chi connectivity index (χ0v) is 10.2. The third-order valence-corrected chi connectivity index (χ3v) is 3.43. The predicted molar refractivity (Wildman–Crippen MR) is 65.2 cm³/mol. The summed E-state index contributed by atoms with van der Waals surface area (Å²) >= 11 is 0. The van der Waals surface area contributed by atoms with E-state index in [-0.39, 0.29) is 17.2 Å². The van der Waals surface area contributed by atoms with Gasteiger partial charge in [-0.05, 0) is 18.6 Å². The zero-order valence-electron chi connectivity index (χ0n) is 10.2. The second-order valence-electron chi connectivity index (χ2n) is 4.55. The summed E-state index contributed by atoms with van der Waals surface area (Å²) in [5.74, 6) is 0.663. The lowest BCUT2D eigenvalue weighted by Crippen LogP contribution is -2.27. The summed E-state index contributed by atoms with van der Waals surface area (Å²) in [6.07, 6.45) is 3.40. The number of furan rings is 1. The number of allylic oxidation sites excluding steroid dienone is 3. The van der Waals surface area contributed by atoms with Gasteiger partial charge < -0.3 is 14.9 Å². The standard InChI is InChI=1S/C14H12N2O3/c15-7-8-12(10-5-2-6-18-10)13-9(17)3-1-4-11(13)19-14(8)16/h2,5-6,12H,1,3-4,16H2. The van der Waals surface area contributed by atoms with Crippen LogP contribution in [0.3, 0.4) is 0 Å². The maximum atomic E-state index is 12.1. The molecule has 1 aliphatic heterocycles. The number of hydrogen-bond acceptors (Lipinski definition) is 5. The summed E-state index contributed by atoms with van der Waals surface area (Å²) in [5.41, 5.74) is 6.55. The van der Waals surface area contributed by atoms with Gasteiger partial charge in [-0.15, -0.1) is 0 Å². The van der Waals surface area contributed by atoms with Crippen molar-refractivity contribution >= 4 is 5.78 Å². The van der Waals surface area contributed by atoms with E-state index >= 15 is 0 Å². The molecule has 0 aromatic carbocycles. The van der Waals surface area contributed by atoms with Crippen molar-refractivity contribution in [3.05, 3.63) is 46.9 Å². The Morgan fingerprint density at radius 1 is 1.42 bits per heavy atom. The smallest absolute Gasteiger partial charge is 0.205 e. The number of rotatable bonds is 1. The van der Waals surface area contributed by atoms with Crippen molar-refractivity contribution < 1.29 is 13.9 Å². The van der Waals surface area contributed by atoms with Gasteiger partial charge in [0.1, 0.15) is 23.2 Å². The number of ether oxygens (including phenoxy) is 1. The van der Waals surface area contributed by atoms with Gasteiger partial charge in [0.05, 0.1) is 12.2 Å². The number of nitrogens with two attached hydrogens (primary N) is 1. The Balaban J connectivity index is 2.18. The van der Waals surface area contributed by atoms with E-state index < -0.39 is 5.92 Å². The van der Waals surface area contributed by atoms with Crippen molar-refractivity contribution in [2.45, 2.75) is 25.2 Å². The van der Waals surface area contributed by atoms with Crippen LogP contribution in [0.1, 0.15) is 30.9 Å². The molecule has 96 valence electrons. The topological polar surface area (TPSA) is 89.3 Å². The van der Waals surface area contributed by atoms with Crippen molar-refractivity contribution in [2.75, 3.05) is 0 Å². The van der Waals surface area contributed by atoms with Gasteiger partial charge in [0.2, 0.25) is 5.88 Å². The minimum Gasteiger partial charge on any atom is -0.468 e. The first-order valence-electron chi connectivity index (χ1n) is 6.09. The average Bonchev–Trinajstić information content (AvgIpc) is 2.91. The van der Waals surface area contributed by atoms with E-state index in [1.807, 2.05) is 6.07 Å². The molecule has 2 heterocycles. The Hall–Kier alpha value is -2.48. The van der Waals surface area contributed by atoms with E-state index in [1.165, 1.54) is 6.26 Å². The molecule has 5 nitrogen and oxygen atoms in total. The van der Waals surface area contributed by atoms with Crippen LogP contribution in [0, 0.1) is 11.3 Å². The molecule has 1 atom stereocenters. The summed E-state index contributed by atoms with van der Waals surface area (Å²) in [6, 6.07) is 5.50. The molecule has 2 N–H and O–H groups in total. The first-order valence-corrected chi connectivity index (χ1v) is 6.09. The predicted octanol–water partition coefficient (Wildman–Crippen LogP) is 2.09. The largest absolute Gasteiger partial charge is 0.468 e. The van der Waals surface area contributed by atoms with Crippen LogP contribution in [0.2, 0.25) is 0 Å². The van der Waals surface area contributed by atoms with Gasteiger partial charge in [0, 0.05) is 18.4 Å². The van der Waals surface area contributed by atoms with Gasteiger partial charge in [-0.25, -0.2) is 0 Å². The summed E-state index contributed by atoms with van der Waals surface area (Å²) in [5, 5.41) is 9.26. The molecule has 19 heavy (non-hydrogen) atoms. The number of carbonyl (C=O) groups excluding carboxylic acids is 1. The molecule has 2 aliphatic rings. The number of ketones is 1. The van der Waals surface area contributed by atoms with Crippen molar-refractivity contribution in [1.29, 1.82) is 5.26 Å². The van der Waals surface area contributed by atoms with E-state index in [0.717, 1.165) is 6.42 Å². The van der Waals surface area contributed by atoms with Gasteiger partial charge in [-0.3, -0.25) is 4.79 Å². The van der Waals surface area contributed by atoms with E-state index in [1.54, 1.807) is 12.1 Å². The third-order valence-electron chi connectivity index (χ3n) is 3.43. The quantitative estimate of drug-likeness (QED) is 0.831. The van der Waals surface area contributed by atoms with Crippen molar-refractivity contribution in [1.82, 2.24) is 0 Å². The Bertz CT molecular complexity index is 632. The highest BCUT2D eigenvalue weighted by Gasteiger charge is 2.39. The molecule has 0 spiro atoms. The Morgan fingerprint density at radius 2 is 2.26 bits per heavy atom. The lowest BCUT2D eigenvalue weighted by Gasteiger charge is -2.29. The Kier molecular flexibility index (Phi) is 2.64. The van der Waals surface area contributed by atoms with Crippen LogP contribution in [0.15, 0.2) is 45.6 Å². The highest BCUT2D eigenvalue weighted by atomic mass is 16.5. The molecule has 1 aliphatic carbocycles. The van der Waals surface area contributed by atoms with E-state index in [2.05, 4.69) is 0 Å². The van der Waals surface area contributed by atoms with Crippen molar-refractivity contribution in [3.8, 4) is 6.07 Å². The summed E-state index contributed by atoms with van der Waals surface area (Å²) < 4.78 is 10.8. The molecule has 0 saturated heterocycles. The Labute approximate surface area is 109 Å². The zero-order chi connectivity index (χ0) is 13.4. The minimum atomic E-state index is -0.531. The van der Waals surface area contributed by atoms with Crippen LogP contribution in [-0.2, 0) is 9.53 Å². The maximum Gasteiger partial charge on any atom is 0.205 e. The molecule has 1 aromatic rings. The first-order chi connectivity index (χ1) is 9.22. The second kappa shape index (κ2) is 4.32. The number of nitriles is 1. The molecule has 0 radical (unpaired) electrons. The van der Waals surface area contributed by atoms with E-state index in [9.17, 15) is 10.1 Å². The monoisotopic (exact) mass is 256 g/mol. The summed E-state index contributed by atoms with van der Waals surface area (Å²) in [4.78, 5) is 12.1. The second-order valence-corrected chi connectivity index (χ2v) is 4.55. The third kappa shape index (κ3) is 1.73. The lowest BCUT2D eigenvalue weighted by molar-refractivity contribution is -0.116. The van der Waals surface area contributed by atoms with Crippen LogP contribution >= 0.6 is 0 Å². The van der Waals surface area contributed by atoms with Gasteiger partial charge in [0.15, 0.2) is 5.78 Å². The normalized spacial score (nSPS) is 22.9. The lowest BCUT2D eigenvalue weighted by atomic mass is 9.80. The molecule has 0 amide bonds. The highest BCUT2D eigenvalue weighted by Crippen LogP contribution is 2.43. The van der Waals surface area contributed by atoms with E-state index in [4.69, 9.17) is 14.9 Å². The molecule has 1 unspecified atom stereocenters.